The maximum Gasteiger partial charge on any atom is 0.152 e. The summed E-state index contributed by atoms with van der Waals surface area (Å²) < 4.78 is 16.5. The second kappa shape index (κ2) is 9.18. The molecule has 2 N–H and O–H groups in total. The molecular formula is C15H21BrCl2FN3O. The number of benzene rings is 1. The second-order valence-electron chi connectivity index (χ2n) is 5.61. The Balaban J connectivity index is 0.00000132. The molecule has 0 bridgehead atoms. The molecule has 8 heteroatoms. The molecule has 0 saturated carbocycles. The molecule has 0 spiro atoms. The van der Waals surface area contributed by atoms with Crippen LogP contribution in [0.3, 0.4) is 0 Å². The number of aryl methyl sites for hydroxylation is 1. The molecule has 0 amide bonds. The van der Waals surface area contributed by atoms with Crippen LogP contribution in [0.4, 0.5) is 4.39 Å². The SMILES string of the molecule is Cl.Cl.O[C@H]1CCCN[C@@H]1CCCn1cnc2c(F)cc(Br)cc21. The first-order valence-corrected chi connectivity index (χ1v) is 8.16. The minimum Gasteiger partial charge on any atom is -0.392 e. The highest BCUT2D eigenvalue weighted by molar-refractivity contribution is 9.10. The number of piperidine rings is 1. The quantitative estimate of drug-likeness (QED) is 0.780. The zero-order valence-electron chi connectivity index (χ0n) is 12.5. The number of rotatable bonds is 4. The molecule has 23 heavy (non-hydrogen) atoms. The second-order valence-corrected chi connectivity index (χ2v) is 6.52. The molecule has 0 aliphatic carbocycles. The number of nitrogens with one attached hydrogen (secondary N) is 1. The van der Waals surface area contributed by atoms with Crippen LogP contribution in [0.25, 0.3) is 11.0 Å². The molecule has 0 radical (unpaired) electrons. The molecule has 1 fully saturated rings. The summed E-state index contributed by atoms with van der Waals surface area (Å²) in [6.07, 6.45) is 5.20. The van der Waals surface area contributed by atoms with Gasteiger partial charge in [-0.2, -0.15) is 0 Å². The normalized spacial score (nSPS) is 20.8. The predicted molar refractivity (Wildman–Crippen MR) is 98.2 cm³/mol. The largest absolute Gasteiger partial charge is 0.392 e. The standard InChI is InChI=1S/C15H19BrFN3O.2ClH/c16-10-7-11(17)15-13(8-10)20(9-19-15)6-2-3-12-14(21)4-1-5-18-12;;/h7-9,12,14,18,21H,1-6H2;2*1H/t12-,14+;;/m1../s1. The van der Waals surface area contributed by atoms with E-state index < -0.39 is 0 Å². The van der Waals surface area contributed by atoms with Crippen molar-refractivity contribution in [3.05, 3.63) is 28.7 Å². The number of hydrogen-bond acceptors (Lipinski definition) is 3. The summed E-state index contributed by atoms with van der Waals surface area (Å²) in [6.45, 7) is 1.76. The summed E-state index contributed by atoms with van der Waals surface area (Å²) >= 11 is 3.32. The highest BCUT2D eigenvalue weighted by Crippen LogP contribution is 2.23. The number of halogens is 4. The molecule has 1 aromatic carbocycles. The van der Waals surface area contributed by atoms with Crippen molar-refractivity contribution in [3.63, 3.8) is 0 Å². The average Bonchev–Trinajstić information content (AvgIpc) is 2.84. The van der Waals surface area contributed by atoms with Crippen molar-refractivity contribution < 1.29 is 9.50 Å². The summed E-state index contributed by atoms with van der Waals surface area (Å²) in [5.41, 5.74) is 1.22. The van der Waals surface area contributed by atoms with Crippen molar-refractivity contribution in [2.24, 2.45) is 0 Å². The van der Waals surface area contributed by atoms with Crippen LogP contribution in [0, 0.1) is 5.82 Å². The predicted octanol–water partition coefficient (Wildman–Crippen LogP) is 3.67. The number of hydrogen-bond donors (Lipinski definition) is 2. The Morgan fingerprint density at radius 2 is 2.17 bits per heavy atom. The fourth-order valence-corrected chi connectivity index (χ4v) is 3.40. The van der Waals surface area contributed by atoms with E-state index >= 15 is 0 Å². The molecule has 2 aromatic rings. The number of imidazole rings is 1. The van der Waals surface area contributed by atoms with Gasteiger partial charge >= 0.3 is 0 Å². The van der Waals surface area contributed by atoms with Crippen LogP contribution in [0.15, 0.2) is 22.9 Å². The fraction of sp³-hybridized carbons (Fsp3) is 0.533. The lowest BCUT2D eigenvalue weighted by Gasteiger charge is -2.29. The van der Waals surface area contributed by atoms with Gasteiger partial charge in [0, 0.05) is 17.1 Å². The molecular weight excluding hydrogens is 408 g/mol. The first kappa shape index (κ1) is 20.6. The van der Waals surface area contributed by atoms with Gasteiger partial charge in [0.2, 0.25) is 0 Å². The number of aromatic nitrogens is 2. The van der Waals surface area contributed by atoms with Gasteiger partial charge in [-0.05, 0) is 44.4 Å². The Kier molecular flexibility index (Phi) is 8.24. The minimum absolute atomic E-state index is 0. The van der Waals surface area contributed by atoms with Gasteiger partial charge in [-0.25, -0.2) is 9.37 Å². The Bertz CT molecular complexity index is 640. The van der Waals surface area contributed by atoms with Crippen LogP contribution < -0.4 is 5.32 Å². The lowest BCUT2D eigenvalue weighted by molar-refractivity contribution is 0.0909. The summed E-state index contributed by atoms with van der Waals surface area (Å²) in [4.78, 5) is 4.14. The maximum absolute atomic E-state index is 13.8. The van der Waals surface area contributed by atoms with Gasteiger partial charge in [0.25, 0.3) is 0 Å². The summed E-state index contributed by atoms with van der Waals surface area (Å²) in [6, 6.07) is 3.50. The van der Waals surface area contributed by atoms with Crippen LogP contribution >= 0.6 is 40.7 Å². The molecule has 2 heterocycles. The highest BCUT2D eigenvalue weighted by atomic mass is 79.9. The van der Waals surface area contributed by atoms with E-state index in [4.69, 9.17) is 0 Å². The van der Waals surface area contributed by atoms with E-state index in [9.17, 15) is 9.50 Å². The summed E-state index contributed by atoms with van der Waals surface area (Å²) in [7, 11) is 0. The number of aliphatic hydroxyl groups is 1. The van der Waals surface area contributed by atoms with E-state index in [1.807, 2.05) is 10.6 Å². The van der Waals surface area contributed by atoms with Crippen molar-refractivity contribution in [2.75, 3.05) is 6.54 Å². The minimum atomic E-state index is -0.303. The topological polar surface area (TPSA) is 50.1 Å². The lowest BCUT2D eigenvalue weighted by Crippen LogP contribution is -2.44. The van der Waals surface area contributed by atoms with Crippen molar-refractivity contribution in [1.82, 2.24) is 14.9 Å². The molecule has 0 unspecified atom stereocenters. The van der Waals surface area contributed by atoms with E-state index in [-0.39, 0.29) is 42.8 Å². The average molecular weight is 429 g/mol. The van der Waals surface area contributed by atoms with Crippen molar-refractivity contribution in [1.29, 1.82) is 0 Å². The first-order valence-electron chi connectivity index (χ1n) is 7.36. The van der Waals surface area contributed by atoms with E-state index in [2.05, 4.69) is 26.2 Å². The maximum atomic E-state index is 13.8. The molecule has 4 nitrogen and oxygen atoms in total. The molecule has 1 aliphatic heterocycles. The monoisotopic (exact) mass is 427 g/mol. The van der Waals surface area contributed by atoms with E-state index in [1.54, 1.807) is 6.33 Å². The van der Waals surface area contributed by atoms with Crippen LogP contribution in [0.5, 0.6) is 0 Å². The van der Waals surface area contributed by atoms with Crippen molar-refractivity contribution in [2.45, 2.75) is 44.4 Å². The lowest BCUT2D eigenvalue weighted by atomic mass is 9.97. The number of fused-ring (bicyclic) bond motifs is 1. The third-order valence-electron chi connectivity index (χ3n) is 4.11. The molecule has 1 aliphatic rings. The Morgan fingerprint density at radius 3 is 2.91 bits per heavy atom. The van der Waals surface area contributed by atoms with E-state index in [0.29, 0.717) is 5.52 Å². The molecule has 130 valence electrons. The van der Waals surface area contributed by atoms with Crippen LogP contribution in [-0.2, 0) is 6.54 Å². The van der Waals surface area contributed by atoms with Gasteiger partial charge in [-0.3, -0.25) is 0 Å². The third kappa shape index (κ3) is 4.79. The van der Waals surface area contributed by atoms with Gasteiger partial charge in [0.05, 0.1) is 17.9 Å². The molecule has 1 aromatic heterocycles. The number of nitrogens with zero attached hydrogens (tertiary/aromatic N) is 2. The van der Waals surface area contributed by atoms with Crippen LogP contribution in [-0.4, -0.2) is 33.3 Å². The van der Waals surface area contributed by atoms with Gasteiger partial charge in [0.15, 0.2) is 5.82 Å². The smallest absolute Gasteiger partial charge is 0.152 e. The van der Waals surface area contributed by atoms with Crippen molar-refractivity contribution >= 4 is 51.8 Å². The Labute approximate surface area is 155 Å². The van der Waals surface area contributed by atoms with E-state index in [1.165, 1.54) is 6.07 Å². The van der Waals surface area contributed by atoms with Crippen LogP contribution in [0.1, 0.15) is 25.7 Å². The highest BCUT2D eigenvalue weighted by Gasteiger charge is 2.21. The van der Waals surface area contributed by atoms with Gasteiger partial charge < -0.3 is 15.0 Å². The van der Waals surface area contributed by atoms with Crippen molar-refractivity contribution in [3.8, 4) is 0 Å². The first-order chi connectivity index (χ1) is 10.1. The summed E-state index contributed by atoms with van der Waals surface area (Å²) in [5.74, 6) is -0.303. The van der Waals surface area contributed by atoms with Gasteiger partial charge in [0.1, 0.15) is 5.52 Å². The summed E-state index contributed by atoms with van der Waals surface area (Å²) in [5, 5.41) is 13.3. The number of aliphatic hydroxyl groups excluding tert-OH is 1. The molecule has 3 rings (SSSR count). The fourth-order valence-electron chi connectivity index (χ4n) is 2.98. The zero-order chi connectivity index (χ0) is 14.8. The van der Waals surface area contributed by atoms with Gasteiger partial charge in [-0.15, -0.1) is 24.8 Å². The van der Waals surface area contributed by atoms with Crippen LogP contribution in [0.2, 0.25) is 0 Å². The zero-order valence-corrected chi connectivity index (χ0v) is 15.8. The molecule has 1 saturated heterocycles. The van der Waals surface area contributed by atoms with E-state index in [0.717, 1.165) is 48.8 Å². The van der Waals surface area contributed by atoms with Gasteiger partial charge in [-0.1, -0.05) is 15.9 Å². The molecule has 2 atom stereocenters. The Hall–Kier alpha value is -0.400. The Morgan fingerprint density at radius 1 is 1.39 bits per heavy atom. The third-order valence-corrected chi connectivity index (χ3v) is 4.56.